The van der Waals surface area contributed by atoms with Gasteiger partial charge in [0.05, 0.1) is 28.1 Å². The molecule has 0 fully saturated rings. The summed E-state index contributed by atoms with van der Waals surface area (Å²) >= 11 is 11.6. The summed E-state index contributed by atoms with van der Waals surface area (Å²) in [5, 5.41) is 8.75. The second kappa shape index (κ2) is 5.59. The number of benzene rings is 1. The van der Waals surface area contributed by atoms with Crippen molar-refractivity contribution >= 4 is 29.2 Å². The molecule has 0 heterocycles. The number of nitriles is 1. The van der Waals surface area contributed by atoms with Crippen LogP contribution in [-0.4, -0.2) is 12.6 Å². The van der Waals surface area contributed by atoms with Crippen molar-refractivity contribution in [3.8, 4) is 6.07 Å². The number of carbonyl (C=O) groups is 1. The minimum absolute atomic E-state index is 0.0386. The lowest BCUT2D eigenvalue weighted by molar-refractivity contribution is 0.0514. The summed E-state index contributed by atoms with van der Waals surface area (Å²) in [5.74, 6) is -0.610. The van der Waals surface area contributed by atoms with Gasteiger partial charge in [0.25, 0.3) is 0 Å². The number of esters is 1. The molecule has 0 bridgehead atoms. The molecule has 0 saturated heterocycles. The van der Waals surface area contributed by atoms with Gasteiger partial charge in [0, 0.05) is 0 Å². The molecule has 5 heteroatoms. The topological polar surface area (TPSA) is 50.1 Å². The summed E-state index contributed by atoms with van der Waals surface area (Å²) in [6.45, 7) is 0.0386. The van der Waals surface area contributed by atoms with E-state index < -0.39 is 5.97 Å². The maximum absolute atomic E-state index is 11.5. The van der Waals surface area contributed by atoms with Crippen LogP contribution in [0, 0.1) is 11.3 Å². The summed E-state index contributed by atoms with van der Waals surface area (Å²) in [6.07, 6.45) is 0.147. The van der Waals surface area contributed by atoms with Crippen LogP contribution in [0.2, 0.25) is 10.0 Å². The lowest BCUT2D eigenvalue weighted by atomic mass is 10.2. The molecule has 0 aliphatic heterocycles. The lowest BCUT2D eigenvalue weighted by Gasteiger charge is -2.05. The van der Waals surface area contributed by atoms with Crippen LogP contribution < -0.4 is 0 Å². The summed E-state index contributed by atoms with van der Waals surface area (Å²) in [5.41, 5.74) is 0.138. The lowest BCUT2D eigenvalue weighted by Crippen LogP contribution is -2.07. The van der Waals surface area contributed by atoms with Crippen molar-refractivity contribution in [3.63, 3.8) is 0 Å². The predicted octanol–water partition coefficient (Wildman–Crippen LogP) is 3.06. The fraction of sp³-hybridized carbons (Fsp3) is 0.200. The average Bonchev–Trinajstić information content (AvgIpc) is 2.18. The molecule has 0 spiro atoms. The van der Waals surface area contributed by atoms with Gasteiger partial charge in [-0.2, -0.15) is 5.26 Å². The fourth-order valence-electron chi connectivity index (χ4n) is 0.954. The van der Waals surface area contributed by atoms with Crippen molar-refractivity contribution in [1.29, 1.82) is 5.26 Å². The van der Waals surface area contributed by atoms with Crippen molar-refractivity contribution in [2.75, 3.05) is 6.61 Å². The molecule has 1 rings (SSSR count). The van der Waals surface area contributed by atoms with Gasteiger partial charge in [0.1, 0.15) is 6.61 Å². The largest absolute Gasteiger partial charge is 0.461 e. The van der Waals surface area contributed by atoms with Crippen molar-refractivity contribution in [3.05, 3.63) is 33.8 Å². The van der Waals surface area contributed by atoms with Gasteiger partial charge in [0.2, 0.25) is 0 Å². The molecule has 0 amide bonds. The molecule has 0 radical (unpaired) electrons. The Morgan fingerprint density at radius 3 is 2.53 bits per heavy atom. The molecule has 0 saturated carbocycles. The van der Waals surface area contributed by atoms with E-state index in [-0.39, 0.29) is 28.6 Å². The van der Waals surface area contributed by atoms with Gasteiger partial charge in [-0.3, -0.25) is 0 Å². The van der Waals surface area contributed by atoms with Crippen LogP contribution in [0.3, 0.4) is 0 Å². The minimum atomic E-state index is -0.610. The smallest absolute Gasteiger partial charge is 0.341 e. The van der Waals surface area contributed by atoms with Gasteiger partial charge in [-0.1, -0.05) is 29.3 Å². The molecular formula is C10H7Cl2NO2. The predicted molar refractivity (Wildman–Crippen MR) is 57.0 cm³/mol. The first-order valence-corrected chi connectivity index (χ1v) is 4.90. The van der Waals surface area contributed by atoms with Crippen molar-refractivity contribution < 1.29 is 9.53 Å². The third kappa shape index (κ3) is 3.12. The number of rotatable bonds is 3. The molecular weight excluding hydrogens is 237 g/mol. The Labute approximate surface area is 97.2 Å². The molecule has 0 aliphatic rings. The molecule has 0 aliphatic carbocycles. The highest BCUT2D eigenvalue weighted by Gasteiger charge is 2.15. The van der Waals surface area contributed by atoms with Crippen molar-refractivity contribution in [1.82, 2.24) is 0 Å². The van der Waals surface area contributed by atoms with E-state index in [0.29, 0.717) is 0 Å². The normalized spacial score (nSPS) is 9.40. The zero-order chi connectivity index (χ0) is 11.3. The Morgan fingerprint density at radius 1 is 1.40 bits per heavy atom. The third-order valence-corrected chi connectivity index (χ3v) is 2.24. The number of nitrogens with zero attached hydrogens (tertiary/aromatic N) is 1. The van der Waals surface area contributed by atoms with Crippen molar-refractivity contribution in [2.24, 2.45) is 0 Å². The maximum atomic E-state index is 11.5. The summed E-state index contributed by atoms with van der Waals surface area (Å²) in [6, 6.07) is 6.60. The van der Waals surface area contributed by atoms with E-state index in [1.54, 1.807) is 18.2 Å². The first-order chi connectivity index (χ1) is 7.16. The zero-order valence-corrected chi connectivity index (χ0v) is 9.18. The number of ether oxygens (including phenoxy) is 1. The van der Waals surface area contributed by atoms with Gasteiger partial charge in [-0.05, 0) is 12.1 Å². The monoisotopic (exact) mass is 243 g/mol. The maximum Gasteiger partial charge on any atom is 0.341 e. The second-order valence-electron chi connectivity index (χ2n) is 2.64. The van der Waals surface area contributed by atoms with Crippen LogP contribution >= 0.6 is 23.2 Å². The summed E-state index contributed by atoms with van der Waals surface area (Å²) < 4.78 is 4.80. The molecule has 1 aromatic carbocycles. The number of hydrogen-bond acceptors (Lipinski definition) is 3. The highest BCUT2D eigenvalue weighted by molar-refractivity contribution is 6.39. The quantitative estimate of drug-likeness (QED) is 0.606. The molecule has 78 valence electrons. The van der Waals surface area contributed by atoms with Crippen LogP contribution in [0.15, 0.2) is 18.2 Å². The van der Waals surface area contributed by atoms with Crippen LogP contribution in [-0.2, 0) is 4.74 Å². The highest BCUT2D eigenvalue weighted by atomic mass is 35.5. The summed E-state index contributed by atoms with van der Waals surface area (Å²) in [4.78, 5) is 11.5. The second-order valence-corrected chi connectivity index (χ2v) is 3.46. The Kier molecular flexibility index (Phi) is 4.41. The van der Waals surface area contributed by atoms with Crippen LogP contribution in [0.4, 0.5) is 0 Å². The molecule has 0 unspecified atom stereocenters. The zero-order valence-electron chi connectivity index (χ0n) is 7.67. The van der Waals surface area contributed by atoms with Gasteiger partial charge < -0.3 is 4.74 Å². The van der Waals surface area contributed by atoms with Crippen molar-refractivity contribution in [2.45, 2.75) is 6.42 Å². The molecule has 0 aromatic heterocycles. The van der Waals surface area contributed by atoms with Gasteiger partial charge in [-0.25, -0.2) is 4.79 Å². The number of carbonyl (C=O) groups excluding carboxylic acids is 1. The van der Waals surface area contributed by atoms with E-state index in [2.05, 4.69) is 0 Å². The molecule has 0 N–H and O–H groups in total. The SMILES string of the molecule is N#CCCOC(=O)c1c(Cl)cccc1Cl. The van der Waals surface area contributed by atoms with E-state index in [1.165, 1.54) is 0 Å². The summed E-state index contributed by atoms with van der Waals surface area (Å²) in [7, 11) is 0. The Morgan fingerprint density at radius 2 is 2.00 bits per heavy atom. The van der Waals surface area contributed by atoms with Crippen LogP contribution in [0.1, 0.15) is 16.8 Å². The molecule has 15 heavy (non-hydrogen) atoms. The van der Waals surface area contributed by atoms with Gasteiger partial charge in [0.15, 0.2) is 0 Å². The highest BCUT2D eigenvalue weighted by Crippen LogP contribution is 2.24. The standard InChI is InChI=1S/C10H7Cl2NO2/c11-7-3-1-4-8(12)9(7)10(14)15-6-2-5-13/h1,3-4H,2,6H2. The first-order valence-electron chi connectivity index (χ1n) is 4.15. The number of halogens is 2. The van der Waals surface area contributed by atoms with Crippen LogP contribution in [0.25, 0.3) is 0 Å². The first kappa shape index (κ1) is 11.8. The van der Waals surface area contributed by atoms with E-state index in [1.807, 2.05) is 6.07 Å². The van der Waals surface area contributed by atoms with E-state index in [4.69, 9.17) is 33.2 Å². The van der Waals surface area contributed by atoms with Gasteiger partial charge >= 0.3 is 5.97 Å². The van der Waals surface area contributed by atoms with E-state index in [0.717, 1.165) is 0 Å². The fourth-order valence-corrected chi connectivity index (χ4v) is 1.51. The Balaban J connectivity index is 2.78. The molecule has 0 atom stereocenters. The number of hydrogen-bond donors (Lipinski definition) is 0. The Bertz CT molecular complexity index is 392. The average molecular weight is 244 g/mol. The Hall–Kier alpha value is -1.24. The van der Waals surface area contributed by atoms with E-state index in [9.17, 15) is 4.79 Å². The third-order valence-electron chi connectivity index (χ3n) is 1.61. The molecule has 1 aromatic rings. The van der Waals surface area contributed by atoms with Gasteiger partial charge in [-0.15, -0.1) is 0 Å². The van der Waals surface area contributed by atoms with E-state index >= 15 is 0 Å². The minimum Gasteiger partial charge on any atom is -0.461 e. The van der Waals surface area contributed by atoms with Crippen LogP contribution in [0.5, 0.6) is 0 Å². The molecule has 3 nitrogen and oxygen atoms in total.